The molecular formula is C21H26N2O2. The number of ether oxygens (including phenoxy) is 2. The molecule has 0 aliphatic carbocycles. The molecule has 1 heterocycles. The average molecular weight is 338 g/mol. The first-order chi connectivity index (χ1) is 12.0. The molecule has 1 aliphatic rings. The number of nitrogen functional groups attached to an aromatic ring is 1. The minimum atomic E-state index is -0.318. The van der Waals surface area contributed by atoms with Crippen molar-refractivity contribution in [3.8, 4) is 11.5 Å². The Balaban J connectivity index is 1.71. The second kappa shape index (κ2) is 7.19. The average Bonchev–Trinajstić information content (AvgIpc) is 2.57. The zero-order valence-corrected chi connectivity index (χ0v) is 15.1. The number of hydrogen-bond donors (Lipinski definition) is 2. The summed E-state index contributed by atoms with van der Waals surface area (Å²) in [6.07, 6.45) is 2.94. The normalized spacial score (nSPS) is 16.4. The highest BCUT2D eigenvalue weighted by Gasteiger charge is 2.26. The molecule has 0 radical (unpaired) electrons. The predicted molar refractivity (Wildman–Crippen MR) is 103 cm³/mol. The van der Waals surface area contributed by atoms with Crippen LogP contribution in [0.4, 0.5) is 5.69 Å². The molecule has 0 aromatic heterocycles. The number of anilines is 1. The molecule has 1 atom stereocenters. The largest absolute Gasteiger partial charge is 0.483 e. The SMILES string of the molecule is CCC(NCC1=CC(C)(C)Oc2ccccc21)Oc1cccc(N)c1. The first-order valence-electron chi connectivity index (χ1n) is 8.72. The molecule has 2 aromatic carbocycles. The van der Waals surface area contributed by atoms with Gasteiger partial charge in [0, 0.05) is 23.9 Å². The number of benzene rings is 2. The highest BCUT2D eigenvalue weighted by Crippen LogP contribution is 2.35. The van der Waals surface area contributed by atoms with Crippen molar-refractivity contribution in [3.63, 3.8) is 0 Å². The minimum absolute atomic E-state index is 0.0826. The Morgan fingerprint density at radius 1 is 1.16 bits per heavy atom. The Labute approximate surface area is 149 Å². The van der Waals surface area contributed by atoms with E-state index in [1.165, 1.54) is 5.57 Å². The molecule has 3 N–H and O–H groups in total. The van der Waals surface area contributed by atoms with Gasteiger partial charge in [0.1, 0.15) is 23.3 Å². The van der Waals surface area contributed by atoms with Crippen molar-refractivity contribution in [1.29, 1.82) is 0 Å². The molecule has 1 aliphatic heterocycles. The number of rotatable bonds is 6. The topological polar surface area (TPSA) is 56.5 Å². The maximum atomic E-state index is 6.04. The maximum absolute atomic E-state index is 6.04. The highest BCUT2D eigenvalue weighted by molar-refractivity contribution is 5.74. The Morgan fingerprint density at radius 3 is 2.72 bits per heavy atom. The van der Waals surface area contributed by atoms with Gasteiger partial charge in [0.15, 0.2) is 0 Å². The van der Waals surface area contributed by atoms with Crippen LogP contribution in [-0.2, 0) is 0 Å². The van der Waals surface area contributed by atoms with E-state index in [4.69, 9.17) is 15.2 Å². The van der Waals surface area contributed by atoms with E-state index in [0.29, 0.717) is 12.2 Å². The van der Waals surface area contributed by atoms with Crippen LogP contribution in [0.25, 0.3) is 5.57 Å². The molecule has 2 aromatic rings. The number of para-hydroxylation sites is 1. The van der Waals surface area contributed by atoms with Gasteiger partial charge in [-0.25, -0.2) is 0 Å². The summed E-state index contributed by atoms with van der Waals surface area (Å²) in [5.74, 6) is 1.71. The van der Waals surface area contributed by atoms with E-state index in [1.54, 1.807) is 0 Å². The molecule has 0 spiro atoms. The van der Waals surface area contributed by atoms with Crippen molar-refractivity contribution in [1.82, 2.24) is 5.32 Å². The van der Waals surface area contributed by atoms with Crippen LogP contribution in [0.1, 0.15) is 32.8 Å². The van der Waals surface area contributed by atoms with E-state index in [2.05, 4.69) is 38.2 Å². The van der Waals surface area contributed by atoms with Crippen molar-refractivity contribution in [2.24, 2.45) is 0 Å². The zero-order valence-electron chi connectivity index (χ0n) is 15.1. The second-order valence-corrected chi connectivity index (χ2v) is 6.84. The lowest BCUT2D eigenvalue weighted by molar-refractivity contribution is 0.154. The van der Waals surface area contributed by atoms with Gasteiger partial charge in [0.05, 0.1) is 0 Å². The third kappa shape index (κ3) is 4.34. The third-order valence-electron chi connectivity index (χ3n) is 4.16. The lowest BCUT2D eigenvalue weighted by Crippen LogP contribution is -2.37. The Bertz CT molecular complexity index is 768. The highest BCUT2D eigenvalue weighted by atomic mass is 16.5. The summed E-state index contributed by atoms with van der Waals surface area (Å²) in [6.45, 7) is 6.96. The van der Waals surface area contributed by atoms with Crippen LogP contribution in [0.5, 0.6) is 11.5 Å². The van der Waals surface area contributed by atoms with Crippen molar-refractivity contribution in [2.45, 2.75) is 39.0 Å². The summed E-state index contributed by atoms with van der Waals surface area (Å²) in [5, 5.41) is 3.50. The van der Waals surface area contributed by atoms with E-state index in [-0.39, 0.29) is 11.8 Å². The van der Waals surface area contributed by atoms with E-state index >= 15 is 0 Å². The van der Waals surface area contributed by atoms with Crippen LogP contribution in [0, 0.1) is 0 Å². The molecule has 3 rings (SSSR count). The van der Waals surface area contributed by atoms with Crippen LogP contribution in [0.2, 0.25) is 0 Å². The molecule has 0 bridgehead atoms. The zero-order chi connectivity index (χ0) is 17.9. The summed E-state index contributed by atoms with van der Waals surface area (Å²) in [5.41, 5.74) is 8.57. The fourth-order valence-electron chi connectivity index (χ4n) is 3.02. The lowest BCUT2D eigenvalue weighted by Gasteiger charge is -2.31. The molecular weight excluding hydrogens is 312 g/mol. The van der Waals surface area contributed by atoms with Gasteiger partial charge in [-0.2, -0.15) is 0 Å². The van der Waals surface area contributed by atoms with Gasteiger partial charge in [-0.3, -0.25) is 5.32 Å². The molecule has 0 saturated carbocycles. The molecule has 0 amide bonds. The molecule has 25 heavy (non-hydrogen) atoms. The van der Waals surface area contributed by atoms with Crippen molar-refractivity contribution in [2.75, 3.05) is 12.3 Å². The monoisotopic (exact) mass is 338 g/mol. The fraction of sp³-hybridized carbons (Fsp3) is 0.333. The summed E-state index contributed by atoms with van der Waals surface area (Å²) in [4.78, 5) is 0. The van der Waals surface area contributed by atoms with Gasteiger partial charge in [-0.05, 0) is 50.1 Å². The van der Waals surface area contributed by atoms with Crippen molar-refractivity contribution in [3.05, 3.63) is 60.2 Å². The van der Waals surface area contributed by atoms with E-state index < -0.39 is 0 Å². The van der Waals surface area contributed by atoms with Gasteiger partial charge in [-0.1, -0.05) is 31.2 Å². The summed E-state index contributed by atoms with van der Waals surface area (Å²) >= 11 is 0. The number of fused-ring (bicyclic) bond motifs is 1. The van der Waals surface area contributed by atoms with E-state index in [9.17, 15) is 0 Å². The van der Waals surface area contributed by atoms with Gasteiger partial charge in [-0.15, -0.1) is 0 Å². The molecule has 4 heteroatoms. The van der Waals surface area contributed by atoms with Crippen molar-refractivity contribution >= 4 is 11.3 Å². The third-order valence-corrected chi connectivity index (χ3v) is 4.16. The quantitative estimate of drug-likeness (QED) is 0.611. The maximum Gasteiger partial charge on any atom is 0.150 e. The lowest BCUT2D eigenvalue weighted by atomic mass is 9.94. The van der Waals surface area contributed by atoms with Gasteiger partial charge in [0.25, 0.3) is 0 Å². The van der Waals surface area contributed by atoms with E-state index in [1.807, 2.05) is 42.5 Å². The van der Waals surface area contributed by atoms with Crippen LogP contribution in [-0.4, -0.2) is 18.4 Å². The predicted octanol–water partition coefficient (Wildman–Crippen LogP) is 4.23. The number of hydrogen-bond acceptors (Lipinski definition) is 4. The van der Waals surface area contributed by atoms with Crippen molar-refractivity contribution < 1.29 is 9.47 Å². The Kier molecular flexibility index (Phi) is 5.00. The van der Waals surface area contributed by atoms with Gasteiger partial charge >= 0.3 is 0 Å². The molecule has 0 fully saturated rings. The second-order valence-electron chi connectivity index (χ2n) is 6.84. The minimum Gasteiger partial charge on any atom is -0.483 e. The fourth-order valence-corrected chi connectivity index (χ4v) is 3.02. The van der Waals surface area contributed by atoms with Gasteiger partial charge < -0.3 is 15.2 Å². The Morgan fingerprint density at radius 2 is 1.96 bits per heavy atom. The molecule has 132 valence electrons. The first-order valence-corrected chi connectivity index (χ1v) is 8.72. The van der Waals surface area contributed by atoms with E-state index in [0.717, 1.165) is 23.5 Å². The first kappa shape index (κ1) is 17.4. The van der Waals surface area contributed by atoms with Crippen LogP contribution >= 0.6 is 0 Å². The standard InChI is InChI=1S/C21H26N2O2/c1-4-20(24-17-9-7-8-16(22)12-17)23-14-15-13-21(2,3)25-19-11-6-5-10-18(15)19/h5-13,20,23H,4,14,22H2,1-3H3. The molecule has 0 saturated heterocycles. The number of nitrogens with two attached hydrogens (primary N) is 1. The van der Waals surface area contributed by atoms with Gasteiger partial charge in [0.2, 0.25) is 0 Å². The smallest absolute Gasteiger partial charge is 0.150 e. The van der Waals surface area contributed by atoms with Crippen LogP contribution in [0.15, 0.2) is 54.6 Å². The van der Waals surface area contributed by atoms with Crippen LogP contribution < -0.4 is 20.5 Å². The summed E-state index contributed by atoms with van der Waals surface area (Å²) in [7, 11) is 0. The summed E-state index contributed by atoms with van der Waals surface area (Å²) in [6, 6.07) is 15.7. The number of nitrogens with one attached hydrogen (secondary N) is 1. The Hall–Kier alpha value is -2.46. The van der Waals surface area contributed by atoms with Crippen LogP contribution in [0.3, 0.4) is 0 Å². The summed E-state index contributed by atoms with van der Waals surface area (Å²) < 4.78 is 12.1. The molecule has 1 unspecified atom stereocenters. The molecule has 4 nitrogen and oxygen atoms in total.